The first kappa shape index (κ1) is 15.5. The van der Waals surface area contributed by atoms with E-state index in [0.717, 1.165) is 25.3 Å². The van der Waals surface area contributed by atoms with Crippen molar-refractivity contribution >= 4 is 5.97 Å². The predicted molar refractivity (Wildman–Crippen MR) is 75.4 cm³/mol. The van der Waals surface area contributed by atoms with Crippen LogP contribution in [0.15, 0.2) is 24.3 Å². The lowest BCUT2D eigenvalue weighted by molar-refractivity contribution is -0.140. The number of likely N-dealkylation sites (N-methyl/N-ethyl adjacent to an activating group) is 1. The highest BCUT2D eigenvalue weighted by molar-refractivity contribution is 5.69. The zero-order chi connectivity index (χ0) is 14.1. The molecule has 0 fully saturated rings. The minimum Gasteiger partial charge on any atom is -0.494 e. The summed E-state index contributed by atoms with van der Waals surface area (Å²) in [7, 11) is 3.43. The van der Waals surface area contributed by atoms with Crippen molar-refractivity contribution in [1.82, 2.24) is 4.90 Å². The molecule has 4 nitrogen and oxygen atoms in total. The number of methoxy groups -OCH3 is 1. The van der Waals surface area contributed by atoms with Crippen molar-refractivity contribution in [2.75, 3.05) is 33.9 Å². The Morgan fingerprint density at radius 2 is 1.89 bits per heavy atom. The van der Waals surface area contributed by atoms with Crippen LogP contribution in [0.25, 0.3) is 0 Å². The SMILES string of the molecule is CCOc1ccc(CCN(C)CCC(=O)OC)cc1. The minimum atomic E-state index is -0.159. The van der Waals surface area contributed by atoms with Crippen LogP contribution in [0.2, 0.25) is 0 Å². The Morgan fingerprint density at radius 3 is 2.47 bits per heavy atom. The summed E-state index contributed by atoms with van der Waals surface area (Å²) in [5.41, 5.74) is 1.27. The number of carbonyl (C=O) groups is 1. The Hall–Kier alpha value is -1.55. The van der Waals surface area contributed by atoms with Crippen LogP contribution < -0.4 is 4.74 Å². The van der Waals surface area contributed by atoms with Crippen LogP contribution in [-0.2, 0) is 16.0 Å². The lowest BCUT2D eigenvalue weighted by Crippen LogP contribution is -2.24. The molecule has 0 spiro atoms. The van der Waals surface area contributed by atoms with Gasteiger partial charge < -0.3 is 14.4 Å². The van der Waals surface area contributed by atoms with Crippen molar-refractivity contribution in [3.05, 3.63) is 29.8 Å². The molecular formula is C15H23NO3. The van der Waals surface area contributed by atoms with Crippen LogP contribution in [0, 0.1) is 0 Å². The molecule has 0 amide bonds. The van der Waals surface area contributed by atoms with E-state index in [1.54, 1.807) is 0 Å². The zero-order valence-electron chi connectivity index (χ0n) is 12.0. The fraction of sp³-hybridized carbons (Fsp3) is 0.533. The van der Waals surface area contributed by atoms with Gasteiger partial charge >= 0.3 is 5.97 Å². The molecule has 0 aliphatic rings. The van der Waals surface area contributed by atoms with E-state index in [2.05, 4.69) is 21.8 Å². The van der Waals surface area contributed by atoms with E-state index in [1.807, 2.05) is 26.1 Å². The summed E-state index contributed by atoms with van der Waals surface area (Å²) in [5.74, 6) is 0.748. The minimum absolute atomic E-state index is 0.159. The molecule has 106 valence electrons. The third kappa shape index (κ3) is 6.25. The largest absolute Gasteiger partial charge is 0.494 e. The Kier molecular flexibility index (Phi) is 6.97. The van der Waals surface area contributed by atoms with E-state index < -0.39 is 0 Å². The highest BCUT2D eigenvalue weighted by Crippen LogP contribution is 2.12. The standard InChI is InChI=1S/C15H23NO3/c1-4-19-14-7-5-13(6-8-14)9-11-16(2)12-10-15(17)18-3/h5-8H,4,9-12H2,1-3H3. The fourth-order valence-corrected chi connectivity index (χ4v) is 1.73. The molecule has 1 aromatic rings. The quantitative estimate of drug-likeness (QED) is 0.675. The van der Waals surface area contributed by atoms with Crippen LogP contribution >= 0.6 is 0 Å². The van der Waals surface area contributed by atoms with Gasteiger partial charge in [0.1, 0.15) is 5.75 Å². The normalized spacial score (nSPS) is 10.5. The molecule has 19 heavy (non-hydrogen) atoms. The number of nitrogens with zero attached hydrogens (tertiary/aromatic N) is 1. The third-order valence-corrected chi connectivity index (χ3v) is 2.94. The van der Waals surface area contributed by atoms with Gasteiger partial charge in [0.05, 0.1) is 20.1 Å². The Morgan fingerprint density at radius 1 is 1.21 bits per heavy atom. The van der Waals surface area contributed by atoms with Gasteiger partial charge in [-0.25, -0.2) is 0 Å². The van der Waals surface area contributed by atoms with Gasteiger partial charge in [-0.3, -0.25) is 4.79 Å². The third-order valence-electron chi connectivity index (χ3n) is 2.94. The van der Waals surface area contributed by atoms with Gasteiger partial charge in [-0.2, -0.15) is 0 Å². The van der Waals surface area contributed by atoms with E-state index in [1.165, 1.54) is 12.7 Å². The topological polar surface area (TPSA) is 38.8 Å². The molecule has 0 atom stereocenters. The van der Waals surface area contributed by atoms with Crippen LogP contribution in [0.4, 0.5) is 0 Å². The van der Waals surface area contributed by atoms with E-state index in [9.17, 15) is 4.79 Å². The number of esters is 1. The Balaban J connectivity index is 2.29. The van der Waals surface area contributed by atoms with Crippen LogP contribution in [0.3, 0.4) is 0 Å². The first-order chi connectivity index (χ1) is 9.15. The van der Waals surface area contributed by atoms with Crippen LogP contribution in [0.1, 0.15) is 18.9 Å². The zero-order valence-corrected chi connectivity index (χ0v) is 12.0. The average molecular weight is 265 g/mol. The van der Waals surface area contributed by atoms with Crippen molar-refractivity contribution in [3.8, 4) is 5.75 Å². The molecule has 0 radical (unpaired) electrons. The molecule has 4 heteroatoms. The smallest absolute Gasteiger partial charge is 0.306 e. The van der Waals surface area contributed by atoms with Gasteiger partial charge in [0.2, 0.25) is 0 Å². The first-order valence-electron chi connectivity index (χ1n) is 6.62. The van der Waals surface area contributed by atoms with Gasteiger partial charge in [0.15, 0.2) is 0 Å². The van der Waals surface area contributed by atoms with Gasteiger partial charge in [-0.1, -0.05) is 12.1 Å². The Labute approximate surface area is 115 Å². The Bertz CT molecular complexity index is 375. The first-order valence-corrected chi connectivity index (χ1v) is 6.62. The molecule has 0 aromatic heterocycles. The van der Waals surface area contributed by atoms with Crippen molar-refractivity contribution in [1.29, 1.82) is 0 Å². The number of hydrogen-bond acceptors (Lipinski definition) is 4. The number of hydrogen-bond donors (Lipinski definition) is 0. The summed E-state index contributed by atoms with van der Waals surface area (Å²) in [5, 5.41) is 0. The summed E-state index contributed by atoms with van der Waals surface area (Å²) in [4.78, 5) is 13.2. The number of ether oxygens (including phenoxy) is 2. The maximum Gasteiger partial charge on any atom is 0.306 e. The highest BCUT2D eigenvalue weighted by Gasteiger charge is 2.04. The molecule has 0 heterocycles. The summed E-state index contributed by atoms with van der Waals surface area (Å²) >= 11 is 0. The van der Waals surface area contributed by atoms with Gasteiger partial charge in [-0.05, 0) is 38.1 Å². The van der Waals surface area contributed by atoms with Crippen molar-refractivity contribution < 1.29 is 14.3 Å². The molecule has 0 aliphatic heterocycles. The lowest BCUT2D eigenvalue weighted by Gasteiger charge is -2.15. The molecule has 0 saturated carbocycles. The summed E-state index contributed by atoms with van der Waals surface area (Å²) in [6.07, 6.45) is 1.40. The van der Waals surface area contributed by atoms with E-state index in [4.69, 9.17) is 4.74 Å². The van der Waals surface area contributed by atoms with Gasteiger partial charge in [0.25, 0.3) is 0 Å². The monoisotopic (exact) mass is 265 g/mol. The van der Waals surface area contributed by atoms with E-state index >= 15 is 0 Å². The van der Waals surface area contributed by atoms with E-state index in [0.29, 0.717) is 13.0 Å². The average Bonchev–Trinajstić information content (AvgIpc) is 2.44. The van der Waals surface area contributed by atoms with Gasteiger partial charge in [0, 0.05) is 13.1 Å². The summed E-state index contributed by atoms with van der Waals surface area (Å²) in [6, 6.07) is 8.15. The second kappa shape index (κ2) is 8.53. The second-order valence-corrected chi connectivity index (χ2v) is 4.46. The number of carbonyl (C=O) groups excluding carboxylic acids is 1. The van der Waals surface area contributed by atoms with Gasteiger partial charge in [-0.15, -0.1) is 0 Å². The predicted octanol–water partition coefficient (Wildman–Crippen LogP) is 2.12. The molecule has 0 saturated heterocycles. The maximum atomic E-state index is 11.0. The van der Waals surface area contributed by atoms with E-state index in [-0.39, 0.29) is 5.97 Å². The van der Waals surface area contributed by atoms with Crippen LogP contribution in [0.5, 0.6) is 5.75 Å². The maximum absolute atomic E-state index is 11.0. The van der Waals surface area contributed by atoms with Crippen molar-refractivity contribution in [2.24, 2.45) is 0 Å². The molecule has 0 aliphatic carbocycles. The summed E-state index contributed by atoms with van der Waals surface area (Å²) in [6.45, 7) is 4.31. The molecule has 0 unspecified atom stereocenters. The molecule has 0 N–H and O–H groups in total. The molecule has 1 rings (SSSR count). The highest BCUT2D eigenvalue weighted by atomic mass is 16.5. The second-order valence-electron chi connectivity index (χ2n) is 4.46. The molecular weight excluding hydrogens is 242 g/mol. The van der Waals surface area contributed by atoms with Crippen LogP contribution in [-0.4, -0.2) is 44.7 Å². The van der Waals surface area contributed by atoms with Crippen molar-refractivity contribution in [3.63, 3.8) is 0 Å². The number of benzene rings is 1. The molecule has 1 aromatic carbocycles. The number of rotatable bonds is 8. The lowest BCUT2D eigenvalue weighted by atomic mass is 10.1. The fourth-order valence-electron chi connectivity index (χ4n) is 1.73. The summed E-state index contributed by atoms with van der Waals surface area (Å²) < 4.78 is 10.0. The molecule has 0 bridgehead atoms. The van der Waals surface area contributed by atoms with Crippen molar-refractivity contribution in [2.45, 2.75) is 19.8 Å².